The van der Waals surface area contributed by atoms with E-state index in [1.807, 2.05) is 6.92 Å². The van der Waals surface area contributed by atoms with Crippen molar-refractivity contribution in [3.63, 3.8) is 0 Å². The Labute approximate surface area is 234 Å². The van der Waals surface area contributed by atoms with Gasteiger partial charge >= 0.3 is 6.03 Å². The number of aromatic nitrogens is 1. The second-order valence-electron chi connectivity index (χ2n) is 10.7. The molecule has 1 aromatic carbocycles. The number of nitrogens with zero attached hydrogens (tertiary/aromatic N) is 3. The van der Waals surface area contributed by atoms with E-state index in [2.05, 4.69) is 15.8 Å². The second-order valence-corrected chi connectivity index (χ2v) is 10.7. The average molecular weight is 558 g/mol. The summed E-state index contributed by atoms with van der Waals surface area (Å²) >= 11 is 0. The van der Waals surface area contributed by atoms with Crippen LogP contribution in [-0.4, -0.2) is 90.0 Å². The van der Waals surface area contributed by atoms with Crippen LogP contribution in [0.2, 0.25) is 0 Å². The van der Waals surface area contributed by atoms with Crippen molar-refractivity contribution in [2.45, 2.75) is 52.7 Å². The maximum Gasteiger partial charge on any atom is 0.321 e. The number of carbonyl (C=O) groups is 3. The normalized spacial score (nSPS) is 20.6. The van der Waals surface area contributed by atoms with Crippen LogP contribution < -0.4 is 15.4 Å². The van der Waals surface area contributed by atoms with Gasteiger partial charge in [0.2, 0.25) is 5.91 Å². The molecule has 2 aromatic rings. The molecule has 1 aromatic heterocycles. The quantitative estimate of drug-likeness (QED) is 0.471. The van der Waals surface area contributed by atoms with Gasteiger partial charge < -0.3 is 39.5 Å². The fourth-order valence-electron chi connectivity index (χ4n) is 4.97. The molecule has 1 saturated heterocycles. The van der Waals surface area contributed by atoms with Gasteiger partial charge in [0.05, 0.1) is 30.4 Å². The first-order valence-corrected chi connectivity index (χ1v) is 13.7. The van der Waals surface area contributed by atoms with Crippen LogP contribution >= 0.6 is 0 Å². The number of urea groups is 1. The lowest BCUT2D eigenvalue weighted by molar-refractivity contribution is -0.122. The smallest absolute Gasteiger partial charge is 0.321 e. The number of aryl methyl sites for hydroxylation is 2. The van der Waals surface area contributed by atoms with Crippen molar-refractivity contribution in [2.75, 3.05) is 50.6 Å². The predicted octanol–water partition coefficient (Wildman–Crippen LogP) is 3.04. The summed E-state index contributed by atoms with van der Waals surface area (Å²) in [4.78, 5) is 43.0. The van der Waals surface area contributed by atoms with Crippen LogP contribution in [0.15, 0.2) is 22.7 Å². The van der Waals surface area contributed by atoms with E-state index < -0.39 is 12.1 Å². The zero-order valence-corrected chi connectivity index (χ0v) is 23.7. The third-order valence-corrected chi connectivity index (χ3v) is 7.61. The lowest BCUT2D eigenvalue weighted by Crippen LogP contribution is -2.50. The summed E-state index contributed by atoms with van der Waals surface area (Å²) in [7, 11) is 1.65. The first kappa shape index (κ1) is 29.3. The minimum absolute atomic E-state index is 0.157. The van der Waals surface area contributed by atoms with Gasteiger partial charge in [0.25, 0.3) is 5.91 Å². The number of nitrogens with one attached hydrogen (secondary N) is 2. The molecule has 4 amide bonds. The Morgan fingerprint density at radius 2 is 1.95 bits per heavy atom. The van der Waals surface area contributed by atoms with Crippen molar-refractivity contribution in [1.29, 1.82) is 0 Å². The highest BCUT2D eigenvalue weighted by Gasteiger charge is 2.35. The molecule has 12 heteroatoms. The molecular formula is C28H39N5O7. The van der Waals surface area contributed by atoms with Gasteiger partial charge in [-0.3, -0.25) is 9.59 Å². The third-order valence-electron chi connectivity index (χ3n) is 7.61. The van der Waals surface area contributed by atoms with E-state index in [1.54, 1.807) is 50.9 Å². The first-order chi connectivity index (χ1) is 19.1. The highest BCUT2D eigenvalue weighted by molar-refractivity contribution is 6.02. The number of hydrogen-bond donors (Lipinski definition) is 3. The summed E-state index contributed by atoms with van der Waals surface area (Å²) in [6.07, 6.45) is 0.696. The average Bonchev–Trinajstić information content (AvgIpc) is 3.27. The number of benzene rings is 1. The van der Waals surface area contributed by atoms with Gasteiger partial charge in [-0.2, -0.15) is 0 Å². The number of aliphatic hydroxyl groups excluding tert-OH is 1. The molecule has 0 aliphatic carbocycles. The standard InChI is InChI=1S/C28H39N5O7/c1-16-13-33(17(2)15-34)27(36)21-7-6-8-22(29-26(35)20-9-11-38-12-10-20)25(21)39-23(16)14-32(5)28(37)30-24-18(3)31-40-19(24)4/h6-8,16-17,20,23,34H,9-15H2,1-5H3,(H,29,35)(H,30,37)/t16-,17+,23-/m0/s1. The van der Waals surface area contributed by atoms with E-state index in [9.17, 15) is 19.5 Å². The van der Waals surface area contributed by atoms with Crippen LogP contribution in [0.25, 0.3) is 0 Å². The Bertz CT molecular complexity index is 1210. The van der Waals surface area contributed by atoms with E-state index >= 15 is 0 Å². The maximum absolute atomic E-state index is 13.7. The van der Waals surface area contributed by atoms with Gasteiger partial charge in [0.15, 0.2) is 11.5 Å². The number of hydrogen-bond acceptors (Lipinski definition) is 8. The molecule has 0 spiro atoms. The molecule has 3 atom stereocenters. The van der Waals surface area contributed by atoms with Crippen molar-refractivity contribution in [2.24, 2.45) is 11.8 Å². The van der Waals surface area contributed by atoms with Gasteiger partial charge in [-0.15, -0.1) is 0 Å². The maximum atomic E-state index is 13.7. The van der Waals surface area contributed by atoms with Crippen LogP contribution in [0.1, 0.15) is 48.5 Å². The zero-order valence-electron chi connectivity index (χ0n) is 23.7. The fraction of sp³-hybridized carbons (Fsp3) is 0.571. The topological polar surface area (TPSA) is 146 Å². The number of carbonyl (C=O) groups excluding carboxylic acids is 3. The SMILES string of the molecule is Cc1noc(C)c1NC(=O)N(C)C[C@@H]1Oc2c(NC(=O)C3CCOCC3)cccc2C(=O)N([C@H](C)CO)C[C@@H]1C. The van der Waals surface area contributed by atoms with Gasteiger partial charge in [-0.25, -0.2) is 4.79 Å². The number of likely N-dealkylation sites (N-methyl/N-ethyl adjacent to an activating group) is 1. The van der Waals surface area contributed by atoms with Crippen molar-refractivity contribution in [1.82, 2.24) is 15.0 Å². The highest BCUT2D eigenvalue weighted by Crippen LogP contribution is 2.35. The molecule has 0 unspecified atom stereocenters. The molecule has 3 N–H and O–H groups in total. The fourth-order valence-corrected chi connectivity index (χ4v) is 4.97. The molecule has 2 aliphatic heterocycles. The molecular weight excluding hydrogens is 518 g/mol. The van der Waals surface area contributed by atoms with E-state index in [-0.39, 0.29) is 54.1 Å². The van der Waals surface area contributed by atoms with E-state index in [4.69, 9.17) is 14.0 Å². The predicted molar refractivity (Wildman–Crippen MR) is 147 cm³/mol. The molecule has 218 valence electrons. The largest absolute Gasteiger partial charge is 0.485 e. The number of rotatable bonds is 7. The Morgan fingerprint density at radius 1 is 1.23 bits per heavy atom. The van der Waals surface area contributed by atoms with Crippen LogP contribution in [0.5, 0.6) is 5.75 Å². The molecule has 12 nitrogen and oxygen atoms in total. The highest BCUT2D eigenvalue weighted by atomic mass is 16.5. The molecule has 0 radical (unpaired) electrons. The lowest BCUT2D eigenvalue weighted by atomic mass is 9.98. The minimum Gasteiger partial charge on any atom is -0.485 e. The van der Waals surface area contributed by atoms with Crippen LogP contribution in [0, 0.1) is 25.7 Å². The van der Waals surface area contributed by atoms with E-state index in [1.165, 1.54) is 4.90 Å². The second kappa shape index (κ2) is 12.7. The Kier molecular flexibility index (Phi) is 9.31. The monoisotopic (exact) mass is 557 g/mol. The molecule has 2 aliphatic rings. The zero-order chi connectivity index (χ0) is 29.0. The van der Waals surface area contributed by atoms with Crippen molar-refractivity contribution < 1.29 is 33.5 Å². The summed E-state index contributed by atoms with van der Waals surface area (Å²) in [5.74, 6) is -0.127. The van der Waals surface area contributed by atoms with E-state index in [0.29, 0.717) is 55.4 Å². The number of fused-ring (bicyclic) bond motifs is 1. The summed E-state index contributed by atoms with van der Waals surface area (Å²) in [5, 5.41) is 19.6. The summed E-state index contributed by atoms with van der Waals surface area (Å²) < 4.78 is 17.0. The number of para-hydroxylation sites is 1. The van der Waals surface area contributed by atoms with Gasteiger partial charge in [-0.05, 0) is 45.7 Å². The van der Waals surface area contributed by atoms with Crippen LogP contribution in [0.4, 0.5) is 16.2 Å². The molecule has 0 bridgehead atoms. The molecule has 0 saturated carbocycles. The Morgan fingerprint density at radius 3 is 2.60 bits per heavy atom. The Balaban J connectivity index is 1.63. The van der Waals surface area contributed by atoms with E-state index in [0.717, 1.165) is 0 Å². The Hall–Kier alpha value is -3.64. The summed E-state index contributed by atoms with van der Waals surface area (Å²) in [6, 6.07) is 4.25. The summed E-state index contributed by atoms with van der Waals surface area (Å²) in [5.41, 5.74) is 1.76. The number of anilines is 2. The van der Waals surface area contributed by atoms with Gasteiger partial charge in [-0.1, -0.05) is 18.1 Å². The molecule has 1 fully saturated rings. The number of amides is 4. The van der Waals surface area contributed by atoms with Crippen molar-refractivity contribution >= 4 is 29.2 Å². The van der Waals surface area contributed by atoms with Crippen LogP contribution in [-0.2, 0) is 9.53 Å². The number of aliphatic hydroxyl groups is 1. The van der Waals surface area contributed by atoms with Crippen molar-refractivity contribution in [3.05, 3.63) is 35.2 Å². The first-order valence-electron chi connectivity index (χ1n) is 13.7. The molecule has 40 heavy (non-hydrogen) atoms. The van der Waals surface area contributed by atoms with Crippen LogP contribution in [0.3, 0.4) is 0 Å². The third kappa shape index (κ3) is 6.39. The molecule has 3 heterocycles. The lowest BCUT2D eigenvalue weighted by Gasteiger charge is -2.38. The van der Waals surface area contributed by atoms with Gasteiger partial charge in [0.1, 0.15) is 17.5 Å². The molecule has 4 rings (SSSR count). The van der Waals surface area contributed by atoms with Crippen molar-refractivity contribution in [3.8, 4) is 5.75 Å². The number of ether oxygens (including phenoxy) is 2. The van der Waals surface area contributed by atoms with Gasteiger partial charge in [0, 0.05) is 38.6 Å². The summed E-state index contributed by atoms with van der Waals surface area (Å²) in [6.45, 7) is 8.51. The minimum atomic E-state index is -0.540.